The van der Waals surface area contributed by atoms with E-state index in [0.29, 0.717) is 5.95 Å². The third kappa shape index (κ3) is 3.26. The molecule has 2 aromatic rings. The van der Waals surface area contributed by atoms with E-state index in [-0.39, 0.29) is 0 Å². The normalized spacial score (nSPS) is 11.6. The molecule has 19 heavy (non-hydrogen) atoms. The molecule has 0 aliphatic heterocycles. The van der Waals surface area contributed by atoms with Crippen LogP contribution in [0.1, 0.15) is 20.8 Å². The lowest BCUT2D eigenvalue weighted by molar-refractivity contribution is 0.0634. The second-order valence-electron chi connectivity index (χ2n) is 5.25. The lowest BCUT2D eigenvalue weighted by atomic mass is 10.2. The van der Waals surface area contributed by atoms with Gasteiger partial charge in [0.25, 0.3) is 0 Å². The van der Waals surface area contributed by atoms with Gasteiger partial charge in [-0.1, -0.05) is 15.9 Å². The molecule has 0 bridgehead atoms. The molecule has 1 aromatic carbocycles. The predicted octanol–water partition coefficient (Wildman–Crippen LogP) is 3.68. The number of amides is 1. The maximum Gasteiger partial charge on any atom is 0.414 e. The standard InChI is InChI=1S/C13H16BrN3O2/c1-13(2,3)19-12(18)16-11-15-9-7-8(14)5-6-10(9)17(11)4/h5-7H,1-4H3,(H,15,16,18). The second-order valence-corrected chi connectivity index (χ2v) is 6.17. The zero-order valence-corrected chi connectivity index (χ0v) is 12.9. The van der Waals surface area contributed by atoms with Crippen molar-refractivity contribution >= 4 is 39.0 Å². The maximum absolute atomic E-state index is 11.7. The molecule has 0 aliphatic rings. The molecular formula is C13H16BrN3O2. The Morgan fingerprint density at radius 2 is 2.11 bits per heavy atom. The average Bonchev–Trinajstić information content (AvgIpc) is 2.52. The average molecular weight is 326 g/mol. The number of carbonyl (C=O) groups excluding carboxylic acids is 1. The number of benzene rings is 1. The number of hydrogen-bond acceptors (Lipinski definition) is 3. The van der Waals surface area contributed by atoms with Crippen LogP contribution >= 0.6 is 15.9 Å². The summed E-state index contributed by atoms with van der Waals surface area (Å²) < 4.78 is 7.96. The minimum absolute atomic E-state index is 0.461. The molecule has 2 rings (SSSR count). The van der Waals surface area contributed by atoms with Crippen LogP contribution in [0, 0.1) is 0 Å². The summed E-state index contributed by atoms with van der Waals surface area (Å²) in [5.74, 6) is 0.461. The van der Waals surface area contributed by atoms with Crippen LogP contribution in [-0.2, 0) is 11.8 Å². The van der Waals surface area contributed by atoms with Crippen molar-refractivity contribution in [3.63, 3.8) is 0 Å². The number of anilines is 1. The lowest BCUT2D eigenvalue weighted by Crippen LogP contribution is -2.28. The SMILES string of the molecule is Cn1c(NC(=O)OC(C)(C)C)nc2cc(Br)ccc21. The Labute approximate surface area is 120 Å². The minimum Gasteiger partial charge on any atom is -0.444 e. The van der Waals surface area contributed by atoms with E-state index in [0.717, 1.165) is 15.5 Å². The Bertz CT molecular complexity index is 629. The number of hydrogen-bond donors (Lipinski definition) is 1. The molecule has 0 saturated heterocycles. The van der Waals surface area contributed by atoms with Crippen LogP contribution in [0.4, 0.5) is 10.7 Å². The van der Waals surface area contributed by atoms with Crippen LogP contribution in [0.25, 0.3) is 11.0 Å². The van der Waals surface area contributed by atoms with E-state index < -0.39 is 11.7 Å². The number of rotatable bonds is 1. The summed E-state index contributed by atoms with van der Waals surface area (Å²) in [6, 6.07) is 5.77. The number of nitrogens with zero attached hydrogens (tertiary/aromatic N) is 2. The lowest BCUT2D eigenvalue weighted by Gasteiger charge is -2.19. The molecule has 0 aliphatic carbocycles. The molecule has 5 nitrogen and oxygen atoms in total. The smallest absolute Gasteiger partial charge is 0.414 e. The number of aromatic nitrogens is 2. The van der Waals surface area contributed by atoms with Crippen molar-refractivity contribution in [2.45, 2.75) is 26.4 Å². The molecule has 1 heterocycles. The van der Waals surface area contributed by atoms with Gasteiger partial charge in [0.15, 0.2) is 0 Å². The van der Waals surface area contributed by atoms with E-state index in [2.05, 4.69) is 26.2 Å². The van der Waals surface area contributed by atoms with Crippen molar-refractivity contribution in [2.75, 3.05) is 5.32 Å². The maximum atomic E-state index is 11.7. The summed E-state index contributed by atoms with van der Waals surface area (Å²) >= 11 is 3.40. The number of ether oxygens (including phenoxy) is 1. The Morgan fingerprint density at radius 1 is 1.42 bits per heavy atom. The fraction of sp³-hybridized carbons (Fsp3) is 0.385. The number of aryl methyl sites for hydroxylation is 1. The first-order valence-electron chi connectivity index (χ1n) is 5.88. The molecule has 0 saturated carbocycles. The number of nitrogens with one attached hydrogen (secondary N) is 1. The van der Waals surface area contributed by atoms with Gasteiger partial charge in [-0.25, -0.2) is 9.78 Å². The largest absolute Gasteiger partial charge is 0.444 e. The number of halogens is 1. The first-order chi connectivity index (χ1) is 8.76. The molecule has 0 unspecified atom stereocenters. The molecule has 102 valence electrons. The first-order valence-corrected chi connectivity index (χ1v) is 6.67. The Balaban J connectivity index is 2.26. The van der Waals surface area contributed by atoms with Crippen molar-refractivity contribution in [3.05, 3.63) is 22.7 Å². The van der Waals surface area contributed by atoms with Gasteiger partial charge in [0.2, 0.25) is 5.95 Å². The topological polar surface area (TPSA) is 56.2 Å². The van der Waals surface area contributed by atoms with Gasteiger partial charge in [0.05, 0.1) is 11.0 Å². The van der Waals surface area contributed by atoms with Gasteiger partial charge in [-0.15, -0.1) is 0 Å². The van der Waals surface area contributed by atoms with E-state index in [1.165, 1.54) is 0 Å². The van der Waals surface area contributed by atoms with Crippen molar-refractivity contribution in [3.8, 4) is 0 Å². The molecule has 1 aromatic heterocycles. The van der Waals surface area contributed by atoms with Crippen molar-refractivity contribution in [1.82, 2.24) is 9.55 Å². The quantitative estimate of drug-likeness (QED) is 0.870. The molecule has 0 fully saturated rings. The molecule has 1 amide bonds. The molecular weight excluding hydrogens is 310 g/mol. The molecule has 6 heteroatoms. The van der Waals surface area contributed by atoms with E-state index >= 15 is 0 Å². The first kappa shape index (κ1) is 13.9. The van der Waals surface area contributed by atoms with Crippen LogP contribution in [0.2, 0.25) is 0 Å². The monoisotopic (exact) mass is 325 g/mol. The summed E-state index contributed by atoms with van der Waals surface area (Å²) in [5, 5.41) is 2.65. The van der Waals surface area contributed by atoms with Gasteiger partial charge in [-0.3, -0.25) is 5.32 Å². The zero-order chi connectivity index (χ0) is 14.2. The minimum atomic E-state index is -0.530. The Kier molecular flexibility index (Phi) is 3.54. The summed E-state index contributed by atoms with van der Waals surface area (Å²) in [6.45, 7) is 5.45. The van der Waals surface area contributed by atoms with E-state index in [1.54, 1.807) is 0 Å². The molecule has 0 atom stereocenters. The van der Waals surface area contributed by atoms with Crippen molar-refractivity contribution in [1.29, 1.82) is 0 Å². The Morgan fingerprint density at radius 3 is 2.74 bits per heavy atom. The van der Waals surface area contributed by atoms with Gasteiger partial charge in [-0.05, 0) is 39.0 Å². The second kappa shape index (κ2) is 4.85. The zero-order valence-electron chi connectivity index (χ0n) is 11.3. The van der Waals surface area contributed by atoms with Crippen LogP contribution in [0.3, 0.4) is 0 Å². The van der Waals surface area contributed by atoms with Gasteiger partial charge in [0.1, 0.15) is 5.60 Å². The van der Waals surface area contributed by atoms with Crippen LogP contribution in [0.15, 0.2) is 22.7 Å². The fourth-order valence-electron chi connectivity index (χ4n) is 1.68. The third-order valence-electron chi connectivity index (χ3n) is 2.46. The van der Waals surface area contributed by atoms with Crippen LogP contribution in [-0.4, -0.2) is 21.2 Å². The van der Waals surface area contributed by atoms with Gasteiger partial charge in [0, 0.05) is 11.5 Å². The molecule has 0 radical (unpaired) electrons. The highest BCUT2D eigenvalue weighted by molar-refractivity contribution is 9.10. The van der Waals surface area contributed by atoms with Gasteiger partial charge >= 0.3 is 6.09 Å². The molecule has 0 spiro atoms. The summed E-state index contributed by atoms with van der Waals surface area (Å²) in [4.78, 5) is 16.1. The van der Waals surface area contributed by atoms with Crippen LogP contribution < -0.4 is 5.32 Å². The highest BCUT2D eigenvalue weighted by Gasteiger charge is 2.18. The summed E-state index contributed by atoms with van der Waals surface area (Å²) in [6.07, 6.45) is -0.509. The fourth-order valence-corrected chi connectivity index (χ4v) is 2.03. The highest BCUT2D eigenvalue weighted by Crippen LogP contribution is 2.22. The number of imidazole rings is 1. The van der Waals surface area contributed by atoms with E-state index in [4.69, 9.17) is 4.74 Å². The summed E-state index contributed by atoms with van der Waals surface area (Å²) in [5.41, 5.74) is 1.22. The number of fused-ring (bicyclic) bond motifs is 1. The van der Waals surface area contributed by atoms with Gasteiger partial charge < -0.3 is 9.30 Å². The number of carbonyl (C=O) groups is 1. The van der Waals surface area contributed by atoms with E-state index in [1.807, 2.05) is 50.6 Å². The van der Waals surface area contributed by atoms with Crippen LogP contribution in [0.5, 0.6) is 0 Å². The van der Waals surface area contributed by atoms with Crippen molar-refractivity contribution < 1.29 is 9.53 Å². The Hall–Kier alpha value is -1.56. The highest BCUT2D eigenvalue weighted by atomic mass is 79.9. The van der Waals surface area contributed by atoms with Crippen molar-refractivity contribution in [2.24, 2.45) is 7.05 Å². The predicted molar refractivity (Wildman–Crippen MR) is 78.3 cm³/mol. The third-order valence-corrected chi connectivity index (χ3v) is 2.95. The van der Waals surface area contributed by atoms with Gasteiger partial charge in [-0.2, -0.15) is 0 Å². The van der Waals surface area contributed by atoms with E-state index in [9.17, 15) is 4.79 Å². The summed E-state index contributed by atoms with van der Waals surface area (Å²) in [7, 11) is 1.84. The molecule has 1 N–H and O–H groups in total.